The van der Waals surface area contributed by atoms with Crippen molar-refractivity contribution >= 4 is 44.6 Å². The number of ether oxygens (including phenoxy) is 1. The highest BCUT2D eigenvalue weighted by Gasteiger charge is 2.09. The normalized spacial score (nSPS) is 11.0. The number of terminal acetylenes is 1. The zero-order chi connectivity index (χ0) is 18.7. The third kappa shape index (κ3) is 3.57. The second kappa shape index (κ2) is 7.60. The maximum atomic E-state index is 12.4. The third-order valence-corrected chi connectivity index (χ3v) is 4.30. The Bertz CT molecular complexity index is 1150. The van der Waals surface area contributed by atoms with Crippen molar-refractivity contribution in [1.82, 2.24) is 9.66 Å². The van der Waals surface area contributed by atoms with E-state index in [1.54, 1.807) is 36.4 Å². The number of rotatable bonds is 4. The van der Waals surface area contributed by atoms with E-state index in [4.69, 9.17) is 22.8 Å². The number of halogens is 2. The fraction of sp³-hybridized carbons (Fsp3) is 0.0556. The van der Waals surface area contributed by atoms with Crippen LogP contribution in [0.2, 0.25) is 5.02 Å². The smallest absolute Gasteiger partial charge is 0.349 e. The van der Waals surface area contributed by atoms with Crippen molar-refractivity contribution in [3.63, 3.8) is 0 Å². The number of H-pyrrole nitrogens is 1. The van der Waals surface area contributed by atoms with Gasteiger partial charge in [0.2, 0.25) is 0 Å². The van der Waals surface area contributed by atoms with Gasteiger partial charge in [-0.3, -0.25) is 4.79 Å². The van der Waals surface area contributed by atoms with Gasteiger partial charge in [0.05, 0.1) is 26.6 Å². The minimum atomic E-state index is -0.635. The van der Waals surface area contributed by atoms with Gasteiger partial charge in [0, 0.05) is 0 Å². The van der Waals surface area contributed by atoms with Crippen LogP contribution in [0.5, 0.6) is 5.75 Å². The monoisotopic (exact) mass is 431 g/mol. The Morgan fingerprint density at radius 3 is 2.85 bits per heavy atom. The van der Waals surface area contributed by atoms with Crippen LogP contribution in [0.15, 0.2) is 55.6 Å². The van der Waals surface area contributed by atoms with Gasteiger partial charge < -0.3 is 9.72 Å². The third-order valence-electron chi connectivity index (χ3n) is 3.43. The summed E-state index contributed by atoms with van der Waals surface area (Å²) in [5.41, 5.74) is -0.132. The summed E-state index contributed by atoms with van der Waals surface area (Å²) in [6.07, 6.45) is 6.52. The lowest BCUT2D eigenvalue weighted by Gasteiger charge is -2.08. The van der Waals surface area contributed by atoms with E-state index in [1.165, 1.54) is 6.21 Å². The van der Waals surface area contributed by atoms with Crippen LogP contribution in [0.4, 0.5) is 0 Å². The average molecular weight is 433 g/mol. The molecule has 2 aromatic carbocycles. The van der Waals surface area contributed by atoms with Gasteiger partial charge in [-0.2, -0.15) is 5.10 Å². The summed E-state index contributed by atoms with van der Waals surface area (Å²) in [5.74, 6) is 2.76. The van der Waals surface area contributed by atoms with Crippen molar-refractivity contribution in [2.24, 2.45) is 5.10 Å². The second-order valence-electron chi connectivity index (χ2n) is 5.14. The predicted octanol–water partition coefficient (Wildman–Crippen LogP) is 3.00. The van der Waals surface area contributed by atoms with Gasteiger partial charge in [0.25, 0.3) is 5.56 Å². The maximum absolute atomic E-state index is 12.4. The van der Waals surface area contributed by atoms with E-state index in [-0.39, 0.29) is 6.61 Å². The summed E-state index contributed by atoms with van der Waals surface area (Å²) >= 11 is 9.51. The molecule has 0 atom stereocenters. The summed E-state index contributed by atoms with van der Waals surface area (Å²) in [6.45, 7) is 0.0770. The molecule has 0 radical (unpaired) electrons. The van der Waals surface area contributed by atoms with Crippen molar-refractivity contribution in [3.05, 3.63) is 72.3 Å². The first-order valence-corrected chi connectivity index (χ1v) is 8.52. The van der Waals surface area contributed by atoms with Crippen LogP contribution in [0.3, 0.4) is 0 Å². The van der Waals surface area contributed by atoms with Gasteiger partial charge in [0.1, 0.15) is 6.61 Å². The minimum Gasteiger partial charge on any atom is -0.478 e. The van der Waals surface area contributed by atoms with Crippen molar-refractivity contribution < 1.29 is 4.74 Å². The molecule has 1 N–H and O–H groups in total. The minimum absolute atomic E-state index is 0.0770. The summed E-state index contributed by atoms with van der Waals surface area (Å²) in [7, 11) is 0. The maximum Gasteiger partial charge on any atom is 0.349 e. The van der Waals surface area contributed by atoms with Crippen molar-refractivity contribution in [3.8, 4) is 18.1 Å². The topological polar surface area (TPSA) is 76.5 Å². The van der Waals surface area contributed by atoms with Gasteiger partial charge in [0.15, 0.2) is 5.75 Å². The highest BCUT2D eigenvalue weighted by molar-refractivity contribution is 9.10. The van der Waals surface area contributed by atoms with Crippen molar-refractivity contribution in [2.75, 3.05) is 6.61 Å². The molecule has 130 valence electrons. The predicted molar refractivity (Wildman–Crippen MR) is 105 cm³/mol. The zero-order valence-corrected chi connectivity index (χ0v) is 15.5. The molecule has 3 aromatic rings. The molecule has 1 heterocycles. The van der Waals surface area contributed by atoms with Crippen molar-refractivity contribution in [1.29, 1.82) is 0 Å². The number of aromatic nitrogens is 2. The van der Waals surface area contributed by atoms with Crippen LogP contribution in [-0.4, -0.2) is 22.5 Å². The van der Waals surface area contributed by atoms with Crippen LogP contribution in [0.25, 0.3) is 10.9 Å². The first-order valence-electron chi connectivity index (χ1n) is 7.35. The first kappa shape index (κ1) is 18.0. The Morgan fingerprint density at radius 1 is 1.35 bits per heavy atom. The first-order chi connectivity index (χ1) is 12.5. The fourth-order valence-corrected chi connectivity index (χ4v) is 3.28. The quantitative estimate of drug-likeness (QED) is 0.509. The number of aromatic amines is 1. The van der Waals surface area contributed by atoms with Gasteiger partial charge in [-0.25, -0.2) is 4.79 Å². The lowest BCUT2D eigenvalue weighted by Crippen LogP contribution is -2.32. The van der Waals surface area contributed by atoms with Crippen LogP contribution in [0.1, 0.15) is 5.56 Å². The van der Waals surface area contributed by atoms with Crippen LogP contribution < -0.4 is 16.0 Å². The molecule has 0 fully saturated rings. The molecule has 0 saturated carbocycles. The Balaban J connectivity index is 2.01. The van der Waals surface area contributed by atoms with E-state index < -0.39 is 11.2 Å². The zero-order valence-electron chi connectivity index (χ0n) is 13.2. The van der Waals surface area contributed by atoms with Crippen molar-refractivity contribution in [2.45, 2.75) is 0 Å². The molecule has 0 bridgehead atoms. The van der Waals surface area contributed by atoms with E-state index in [2.05, 4.69) is 31.9 Å². The standard InChI is InChI=1S/C18H11BrClN3O3/c1-2-7-26-16-13(19)8-11(9-14(16)20)10-21-23-17(24)12-5-3-4-6-15(12)22-18(23)25/h1,3-6,8-10H,7H2,(H,22,25). The SMILES string of the molecule is C#CCOc1c(Cl)cc(C=Nn2c(=O)[nH]c3ccccc3c2=O)cc1Br. The Labute approximate surface area is 161 Å². The van der Waals surface area contributed by atoms with Gasteiger partial charge >= 0.3 is 5.69 Å². The molecule has 3 rings (SSSR count). The molecule has 0 amide bonds. The lowest BCUT2D eigenvalue weighted by molar-refractivity contribution is 0.368. The molecule has 0 aliphatic heterocycles. The molecule has 0 aliphatic carbocycles. The summed E-state index contributed by atoms with van der Waals surface area (Å²) < 4.78 is 6.68. The molecular weight excluding hydrogens is 422 g/mol. The lowest BCUT2D eigenvalue weighted by atomic mass is 10.2. The molecule has 8 heteroatoms. The van der Waals surface area contributed by atoms with E-state index in [1.807, 2.05) is 0 Å². The van der Waals surface area contributed by atoms with Gasteiger partial charge in [-0.15, -0.1) is 11.1 Å². The summed E-state index contributed by atoms with van der Waals surface area (Å²) in [5, 5.41) is 4.66. The Morgan fingerprint density at radius 2 is 2.12 bits per heavy atom. The molecule has 0 saturated heterocycles. The van der Waals surface area contributed by atoms with E-state index in [0.717, 1.165) is 4.68 Å². The number of nitrogens with zero attached hydrogens (tertiary/aromatic N) is 2. The summed E-state index contributed by atoms with van der Waals surface area (Å²) in [6, 6.07) is 9.97. The summed E-state index contributed by atoms with van der Waals surface area (Å²) in [4.78, 5) is 27.1. The van der Waals surface area contributed by atoms with Crippen LogP contribution >= 0.6 is 27.5 Å². The van der Waals surface area contributed by atoms with Gasteiger partial charge in [-0.05, 0) is 45.8 Å². The number of hydrogen-bond acceptors (Lipinski definition) is 4. The van der Waals surface area contributed by atoms with E-state index >= 15 is 0 Å². The Hall–Kier alpha value is -2.82. The highest BCUT2D eigenvalue weighted by Crippen LogP contribution is 2.34. The largest absolute Gasteiger partial charge is 0.478 e. The van der Waals surface area contributed by atoms with E-state index in [0.29, 0.717) is 31.7 Å². The molecule has 6 nitrogen and oxygen atoms in total. The Kier molecular flexibility index (Phi) is 5.26. The van der Waals surface area contributed by atoms with Gasteiger partial charge in [-0.1, -0.05) is 29.7 Å². The molecular formula is C18H11BrClN3O3. The van der Waals surface area contributed by atoms with Crippen LogP contribution in [-0.2, 0) is 0 Å². The highest BCUT2D eigenvalue weighted by atomic mass is 79.9. The number of fused-ring (bicyclic) bond motifs is 1. The molecule has 0 unspecified atom stereocenters. The fourth-order valence-electron chi connectivity index (χ4n) is 2.29. The number of nitrogens with one attached hydrogen (secondary N) is 1. The second-order valence-corrected chi connectivity index (χ2v) is 6.41. The van der Waals surface area contributed by atoms with E-state index in [9.17, 15) is 9.59 Å². The van der Waals surface area contributed by atoms with Crippen LogP contribution in [0, 0.1) is 12.3 Å². The number of benzene rings is 2. The molecule has 0 aliphatic rings. The number of hydrogen-bond donors (Lipinski definition) is 1. The number of para-hydroxylation sites is 1. The molecule has 26 heavy (non-hydrogen) atoms. The molecule has 1 aromatic heterocycles. The molecule has 0 spiro atoms. The average Bonchev–Trinajstić information content (AvgIpc) is 2.61.